The van der Waals surface area contributed by atoms with E-state index in [1.165, 1.54) is 35.1 Å². The Balaban J connectivity index is 1.57. The highest BCUT2D eigenvalue weighted by atomic mass is 35.5. The van der Waals surface area contributed by atoms with Crippen molar-refractivity contribution >= 4 is 57.3 Å². The molecule has 3 aromatic carbocycles. The highest BCUT2D eigenvalue weighted by Gasteiger charge is 2.48. The van der Waals surface area contributed by atoms with Crippen LogP contribution in [-0.2, 0) is 15.3 Å². The second kappa shape index (κ2) is 14.1. The van der Waals surface area contributed by atoms with Crippen LogP contribution in [0, 0.1) is 19.8 Å². The third-order valence-electron chi connectivity index (χ3n) is 7.43. The van der Waals surface area contributed by atoms with Gasteiger partial charge in [0, 0.05) is 16.3 Å². The standard InChI is InChI=1S/C34H34ClN3O5S2/c1-19(2)14-15-43-26-13-10-23(17-27(26)42-5)29-28(30(39)25-16-20(3)6-7-21(25)4)31(40)32(41)38(29)33-36-37-34(45-33)44-18-22-8-11-24(35)12-9-22/h6-13,16-17,19,29,39H,14-15,18H2,1-5H3/b30-28+. The molecule has 5 rings (SSSR count). The lowest BCUT2D eigenvalue weighted by molar-refractivity contribution is -0.132. The fourth-order valence-corrected chi connectivity index (χ4v) is 6.89. The average molecular weight is 664 g/mol. The number of Topliss-reactive ketones (excluding diaryl/α,β-unsaturated/α-hetero) is 1. The summed E-state index contributed by atoms with van der Waals surface area (Å²) in [5.41, 5.74) is 3.73. The molecule has 0 saturated carbocycles. The number of aromatic nitrogens is 2. The molecule has 0 spiro atoms. The third kappa shape index (κ3) is 7.19. The number of rotatable bonds is 11. The van der Waals surface area contributed by atoms with Crippen molar-refractivity contribution in [1.82, 2.24) is 10.2 Å². The summed E-state index contributed by atoms with van der Waals surface area (Å²) in [4.78, 5) is 28.8. The Bertz CT molecular complexity index is 1750. The predicted molar refractivity (Wildman–Crippen MR) is 180 cm³/mol. The van der Waals surface area contributed by atoms with Gasteiger partial charge in [-0.05, 0) is 73.2 Å². The molecule has 1 amide bonds. The Kier molecular flexibility index (Phi) is 10.2. The number of benzene rings is 3. The monoisotopic (exact) mass is 663 g/mol. The van der Waals surface area contributed by atoms with E-state index in [1.807, 2.05) is 50.2 Å². The summed E-state index contributed by atoms with van der Waals surface area (Å²) >= 11 is 8.69. The van der Waals surface area contributed by atoms with Crippen LogP contribution in [0.1, 0.15) is 54.1 Å². The van der Waals surface area contributed by atoms with Crippen molar-refractivity contribution in [1.29, 1.82) is 0 Å². The van der Waals surface area contributed by atoms with Gasteiger partial charge in [-0.3, -0.25) is 14.5 Å². The van der Waals surface area contributed by atoms with E-state index in [2.05, 4.69) is 24.0 Å². The van der Waals surface area contributed by atoms with Crippen molar-refractivity contribution in [3.63, 3.8) is 0 Å². The van der Waals surface area contributed by atoms with Gasteiger partial charge in [0.05, 0.1) is 25.3 Å². The number of methoxy groups -OCH3 is 1. The number of ketones is 1. The highest BCUT2D eigenvalue weighted by molar-refractivity contribution is 8.00. The van der Waals surface area contributed by atoms with E-state index in [0.717, 1.165) is 23.1 Å². The normalized spacial score (nSPS) is 16.1. The number of carbonyl (C=O) groups excluding carboxylic acids is 2. The van der Waals surface area contributed by atoms with Crippen LogP contribution in [0.25, 0.3) is 5.76 Å². The molecule has 0 bridgehead atoms. The molecule has 4 aromatic rings. The van der Waals surface area contributed by atoms with Crippen LogP contribution in [0.4, 0.5) is 5.13 Å². The van der Waals surface area contributed by atoms with Crippen LogP contribution < -0.4 is 14.4 Å². The lowest BCUT2D eigenvalue weighted by Crippen LogP contribution is -2.29. The van der Waals surface area contributed by atoms with E-state index in [9.17, 15) is 14.7 Å². The fourth-order valence-electron chi connectivity index (χ4n) is 4.94. The van der Waals surface area contributed by atoms with E-state index >= 15 is 0 Å². The van der Waals surface area contributed by atoms with Crippen molar-refractivity contribution in [2.75, 3.05) is 18.6 Å². The van der Waals surface area contributed by atoms with E-state index in [-0.39, 0.29) is 16.5 Å². The Morgan fingerprint density at radius 2 is 1.80 bits per heavy atom. The largest absolute Gasteiger partial charge is 0.507 e. The Hall–Kier alpha value is -3.86. The van der Waals surface area contributed by atoms with Crippen molar-refractivity contribution < 1.29 is 24.2 Å². The molecule has 11 heteroatoms. The molecule has 2 heterocycles. The van der Waals surface area contributed by atoms with Crippen LogP contribution in [0.5, 0.6) is 11.5 Å². The molecule has 1 aliphatic rings. The lowest BCUT2D eigenvalue weighted by atomic mass is 9.93. The molecule has 1 unspecified atom stereocenters. The number of thioether (sulfide) groups is 1. The van der Waals surface area contributed by atoms with Gasteiger partial charge >= 0.3 is 5.91 Å². The fraction of sp³-hybridized carbons (Fsp3) is 0.294. The summed E-state index contributed by atoms with van der Waals surface area (Å²) in [6.45, 7) is 8.51. The number of carbonyl (C=O) groups is 2. The first-order valence-electron chi connectivity index (χ1n) is 14.5. The SMILES string of the molecule is COc1cc(C2/C(=C(\O)c3cc(C)ccc3C)C(=O)C(=O)N2c2nnc(SCc3ccc(Cl)cc3)s2)ccc1OCCC(C)C. The van der Waals surface area contributed by atoms with Crippen molar-refractivity contribution in [3.8, 4) is 11.5 Å². The Morgan fingerprint density at radius 3 is 2.51 bits per heavy atom. The van der Waals surface area contributed by atoms with Crippen LogP contribution >= 0.6 is 34.7 Å². The number of ether oxygens (including phenoxy) is 2. The molecule has 1 saturated heterocycles. The van der Waals surface area contributed by atoms with Gasteiger partial charge in [-0.2, -0.15) is 0 Å². The van der Waals surface area contributed by atoms with E-state index in [0.29, 0.717) is 50.3 Å². The molecule has 1 aromatic heterocycles. The minimum absolute atomic E-state index is 0.0326. The maximum atomic E-state index is 13.7. The minimum Gasteiger partial charge on any atom is -0.507 e. The summed E-state index contributed by atoms with van der Waals surface area (Å²) in [5, 5.41) is 21.2. The molecule has 45 heavy (non-hydrogen) atoms. The topological polar surface area (TPSA) is 102 Å². The first-order chi connectivity index (χ1) is 21.6. The first kappa shape index (κ1) is 32.5. The number of aryl methyl sites for hydroxylation is 2. The van der Waals surface area contributed by atoms with Crippen molar-refractivity contribution in [3.05, 3.63) is 99.1 Å². The number of aliphatic hydroxyl groups is 1. The summed E-state index contributed by atoms with van der Waals surface area (Å²) in [5.74, 6) is 0.237. The van der Waals surface area contributed by atoms with Gasteiger partial charge in [0.15, 0.2) is 15.8 Å². The maximum Gasteiger partial charge on any atom is 0.301 e. The number of anilines is 1. The van der Waals surface area contributed by atoms with Gasteiger partial charge in [-0.15, -0.1) is 10.2 Å². The van der Waals surface area contributed by atoms with E-state index in [1.54, 1.807) is 24.3 Å². The minimum atomic E-state index is -0.981. The van der Waals surface area contributed by atoms with Crippen LogP contribution in [0.3, 0.4) is 0 Å². The number of nitrogens with zero attached hydrogens (tertiary/aromatic N) is 3. The zero-order valence-corrected chi connectivity index (χ0v) is 28.1. The second-order valence-corrected chi connectivity index (χ2v) is 13.8. The Morgan fingerprint density at radius 1 is 1.04 bits per heavy atom. The van der Waals surface area contributed by atoms with Crippen LogP contribution in [0.15, 0.2) is 70.6 Å². The van der Waals surface area contributed by atoms with Crippen molar-refractivity contribution in [2.24, 2.45) is 5.92 Å². The second-order valence-electron chi connectivity index (χ2n) is 11.2. The van der Waals surface area contributed by atoms with Gasteiger partial charge in [0.25, 0.3) is 5.78 Å². The van der Waals surface area contributed by atoms with E-state index < -0.39 is 17.7 Å². The van der Waals surface area contributed by atoms with Crippen LogP contribution in [-0.4, -0.2) is 40.7 Å². The summed E-state index contributed by atoms with van der Waals surface area (Å²) in [6.07, 6.45) is 0.871. The molecule has 0 aliphatic carbocycles. The van der Waals surface area contributed by atoms with Gasteiger partial charge in [-0.1, -0.05) is 84.4 Å². The van der Waals surface area contributed by atoms with Gasteiger partial charge < -0.3 is 14.6 Å². The summed E-state index contributed by atoms with van der Waals surface area (Å²) in [6, 6.07) is 17.4. The molecule has 1 atom stereocenters. The zero-order chi connectivity index (χ0) is 32.2. The smallest absolute Gasteiger partial charge is 0.301 e. The summed E-state index contributed by atoms with van der Waals surface area (Å²) in [7, 11) is 1.54. The Labute approximate surface area is 276 Å². The van der Waals surface area contributed by atoms with Gasteiger partial charge in [0.2, 0.25) is 5.13 Å². The number of amides is 1. The maximum absolute atomic E-state index is 13.7. The molecule has 0 radical (unpaired) electrons. The highest BCUT2D eigenvalue weighted by Crippen LogP contribution is 2.46. The number of hydrogen-bond acceptors (Lipinski definition) is 9. The molecule has 8 nitrogen and oxygen atoms in total. The number of halogens is 1. The van der Waals surface area contributed by atoms with Gasteiger partial charge in [0.1, 0.15) is 5.76 Å². The first-order valence-corrected chi connectivity index (χ1v) is 16.7. The van der Waals surface area contributed by atoms with Crippen molar-refractivity contribution in [2.45, 2.75) is 50.3 Å². The average Bonchev–Trinajstić information content (AvgIpc) is 3.59. The molecular weight excluding hydrogens is 630 g/mol. The van der Waals surface area contributed by atoms with Gasteiger partial charge in [-0.25, -0.2) is 0 Å². The third-order valence-corrected chi connectivity index (χ3v) is 9.81. The molecule has 234 valence electrons. The zero-order valence-electron chi connectivity index (χ0n) is 25.7. The summed E-state index contributed by atoms with van der Waals surface area (Å²) < 4.78 is 12.3. The molecular formula is C34H34ClN3O5S2. The molecule has 1 aliphatic heterocycles. The lowest BCUT2D eigenvalue weighted by Gasteiger charge is -2.24. The van der Waals surface area contributed by atoms with E-state index in [4.69, 9.17) is 21.1 Å². The van der Waals surface area contributed by atoms with Crippen LogP contribution in [0.2, 0.25) is 5.02 Å². The quantitative estimate of drug-likeness (QED) is 0.0564. The number of hydrogen-bond donors (Lipinski definition) is 1. The number of aliphatic hydroxyl groups excluding tert-OH is 1. The molecule has 1 fully saturated rings. The molecule has 1 N–H and O–H groups in total. The predicted octanol–water partition coefficient (Wildman–Crippen LogP) is 8.16.